The van der Waals surface area contributed by atoms with Crippen molar-refractivity contribution < 1.29 is 5.11 Å². The summed E-state index contributed by atoms with van der Waals surface area (Å²) >= 11 is 3.52. The molecule has 1 saturated heterocycles. The molecule has 0 spiro atoms. The van der Waals surface area contributed by atoms with Crippen LogP contribution in [0.3, 0.4) is 0 Å². The number of piperidine rings is 1. The highest BCUT2D eigenvalue weighted by Gasteiger charge is 2.29. The van der Waals surface area contributed by atoms with Gasteiger partial charge in [0.15, 0.2) is 0 Å². The number of benzene rings is 1. The molecular formula is C15H23BrN2O. The Bertz CT molecular complexity index is 411. The van der Waals surface area contributed by atoms with E-state index in [1.807, 2.05) is 0 Å². The molecule has 1 aliphatic rings. The fraction of sp³-hybridized carbons (Fsp3) is 0.600. The third-order valence-corrected chi connectivity index (χ3v) is 4.46. The van der Waals surface area contributed by atoms with Gasteiger partial charge in [-0.2, -0.15) is 0 Å². The van der Waals surface area contributed by atoms with Gasteiger partial charge < -0.3 is 10.0 Å². The Morgan fingerprint density at radius 2 is 2.21 bits per heavy atom. The molecule has 0 amide bonds. The van der Waals surface area contributed by atoms with Crippen LogP contribution in [0.2, 0.25) is 0 Å². The first-order valence-electron chi connectivity index (χ1n) is 6.84. The Hall–Kier alpha value is -0.420. The lowest BCUT2D eigenvalue weighted by Crippen LogP contribution is -2.49. The number of likely N-dealkylation sites (tertiary alicyclic amines) is 1. The van der Waals surface area contributed by atoms with Gasteiger partial charge in [0.05, 0.1) is 0 Å². The summed E-state index contributed by atoms with van der Waals surface area (Å²) in [5.41, 5.74) is 1.33. The van der Waals surface area contributed by atoms with Gasteiger partial charge in [-0.1, -0.05) is 28.1 Å². The van der Waals surface area contributed by atoms with Crippen LogP contribution in [0.4, 0.5) is 0 Å². The molecule has 0 unspecified atom stereocenters. The predicted octanol–water partition coefficient (Wildman–Crippen LogP) is 2.19. The van der Waals surface area contributed by atoms with E-state index < -0.39 is 0 Å². The fourth-order valence-electron chi connectivity index (χ4n) is 2.99. The normalized spacial score (nSPS) is 24.9. The van der Waals surface area contributed by atoms with Crippen molar-refractivity contribution in [3.05, 3.63) is 34.3 Å². The van der Waals surface area contributed by atoms with Crippen LogP contribution in [0.25, 0.3) is 0 Å². The van der Waals surface area contributed by atoms with E-state index in [1.165, 1.54) is 5.56 Å². The van der Waals surface area contributed by atoms with Gasteiger partial charge in [-0.05, 0) is 44.8 Å². The average molecular weight is 327 g/mol. The van der Waals surface area contributed by atoms with E-state index in [9.17, 15) is 5.11 Å². The first kappa shape index (κ1) is 15.0. The molecule has 0 aromatic heterocycles. The van der Waals surface area contributed by atoms with Crippen LogP contribution in [0.1, 0.15) is 12.0 Å². The van der Waals surface area contributed by atoms with Gasteiger partial charge in [-0.3, -0.25) is 4.90 Å². The molecule has 2 rings (SSSR count). The van der Waals surface area contributed by atoms with Crippen LogP contribution in [-0.4, -0.2) is 54.7 Å². The second kappa shape index (κ2) is 6.84. The molecule has 106 valence electrons. The maximum absolute atomic E-state index is 9.58. The summed E-state index contributed by atoms with van der Waals surface area (Å²) < 4.78 is 1.13. The van der Waals surface area contributed by atoms with E-state index in [0.717, 1.165) is 30.5 Å². The van der Waals surface area contributed by atoms with Crippen molar-refractivity contribution in [2.24, 2.45) is 5.92 Å². The highest BCUT2D eigenvalue weighted by molar-refractivity contribution is 9.10. The van der Waals surface area contributed by atoms with Gasteiger partial charge in [0, 0.05) is 36.1 Å². The van der Waals surface area contributed by atoms with E-state index in [2.05, 4.69) is 64.1 Å². The van der Waals surface area contributed by atoms with Crippen LogP contribution in [0, 0.1) is 5.92 Å². The van der Waals surface area contributed by atoms with Gasteiger partial charge in [-0.25, -0.2) is 0 Å². The number of hydrogen-bond donors (Lipinski definition) is 1. The average Bonchev–Trinajstić information content (AvgIpc) is 2.38. The van der Waals surface area contributed by atoms with E-state index in [0.29, 0.717) is 12.0 Å². The van der Waals surface area contributed by atoms with Crippen LogP contribution in [0.15, 0.2) is 28.7 Å². The molecule has 3 nitrogen and oxygen atoms in total. The number of nitrogens with zero attached hydrogens (tertiary/aromatic N) is 2. The Labute approximate surface area is 124 Å². The molecule has 1 heterocycles. The van der Waals surface area contributed by atoms with Crippen molar-refractivity contribution in [3.63, 3.8) is 0 Å². The molecule has 0 radical (unpaired) electrons. The van der Waals surface area contributed by atoms with Gasteiger partial charge in [0.2, 0.25) is 0 Å². The Morgan fingerprint density at radius 3 is 2.84 bits per heavy atom. The largest absolute Gasteiger partial charge is 0.396 e. The quantitative estimate of drug-likeness (QED) is 0.918. The first-order chi connectivity index (χ1) is 9.10. The summed E-state index contributed by atoms with van der Waals surface area (Å²) in [6, 6.07) is 8.97. The molecule has 1 aliphatic heterocycles. The van der Waals surface area contributed by atoms with Crippen LogP contribution < -0.4 is 0 Å². The van der Waals surface area contributed by atoms with Crippen LogP contribution in [0.5, 0.6) is 0 Å². The van der Waals surface area contributed by atoms with Gasteiger partial charge in [-0.15, -0.1) is 0 Å². The number of rotatable bonds is 4. The van der Waals surface area contributed by atoms with Gasteiger partial charge in [0.1, 0.15) is 0 Å². The van der Waals surface area contributed by atoms with Crippen LogP contribution in [-0.2, 0) is 6.54 Å². The third kappa shape index (κ3) is 4.02. The second-order valence-electron chi connectivity index (χ2n) is 5.63. The minimum atomic E-state index is 0.276. The Kier molecular flexibility index (Phi) is 5.39. The first-order valence-corrected chi connectivity index (χ1v) is 7.63. The summed E-state index contributed by atoms with van der Waals surface area (Å²) in [4.78, 5) is 4.69. The third-order valence-electron chi connectivity index (χ3n) is 3.97. The Morgan fingerprint density at radius 1 is 1.42 bits per heavy atom. The molecular weight excluding hydrogens is 304 g/mol. The van der Waals surface area contributed by atoms with Crippen molar-refractivity contribution in [2.75, 3.05) is 33.8 Å². The smallest absolute Gasteiger partial charge is 0.0486 e. The van der Waals surface area contributed by atoms with E-state index in [4.69, 9.17) is 0 Å². The Balaban J connectivity index is 1.96. The zero-order valence-electron chi connectivity index (χ0n) is 11.7. The lowest BCUT2D eigenvalue weighted by Gasteiger charge is -2.40. The molecule has 1 fully saturated rings. The molecule has 0 saturated carbocycles. The minimum Gasteiger partial charge on any atom is -0.396 e. The molecule has 0 bridgehead atoms. The van der Waals surface area contributed by atoms with Crippen molar-refractivity contribution in [1.82, 2.24) is 9.80 Å². The maximum Gasteiger partial charge on any atom is 0.0486 e. The van der Waals surface area contributed by atoms with Crippen molar-refractivity contribution in [3.8, 4) is 0 Å². The maximum atomic E-state index is 9.58. The van der Waals surface area contributed by atoms with Crippen LogP contribution >= 0.6 is 15.9 Å². The molecule has 0 aliphatic carbocycles. The SMILES string of the molecule is CN(C)[C@@H]1CCN(Cc2cccc(Br)c2)C[C@@H]1CO. The molecule has 1 N–H and O–H groups in total. The number of aliphatic hydroxyl groups excluding tert-OH is 1. The summed E-state index contributed by atoms with van der Waals surface area (Å²) in [6.45, 7) is 3.33. The summed E-state index contributed by atoms with van der Waals surface area (Å²) in [6.07, 6.45) is 1.13. The topological polar surface area (TPSA) is 26.7 Å². The van der Waals surface area contributed by atoms with E-state index in [-0.39, 0.29) is 6.61 Å². The fourth-order valence-corrected chi connectivity index (χ4v) is 3.44. The number of hydrogen-bond acceptors (Lipinski definition) is 3. The second-order valence-corrected chi connectivity index (χ2v) is 6.54. The minimum absolute atomic E-state index is 0.276. The summed E-state index contributed by atoms with van der Waals surface area (Å²) in [7, 11) is 4.22. The standard InChI is InChI=1S/C15H23BrN2O/c1-17(2)15-6-7-18(10-13(15)11-19)9-12-4-3-5-14(16)8-12/h3-5,8,13,15,19H,6-7,9-11H2,1-2H3/t13-,15-/m1/s1. The van der Waals surface area contributed by atoms with E-state index >= 15 is 0 Å². The highest BCUT2D eigenvalue weighted by atomic mass is 79.9. The summed E-state index contributed by atoms with van der Waals surface area (Å²) in [5, 5.41) is 9.58. The molecule has 4 heteroatoms. The zero-order chi connectivity index (χ0) is 13.8. The van der Waals surface area contributed by atoms with Crippen molar-refractivity contribution in [1.29, 1.82) is 0 Å². The molecule has 19 heavy (non-hydrogen) atoms. The zero-order valence-corrected chi connectivity index (χ0v) is 13.3. The lowest BCUT2D eigenvalue weighted by atomic mass is 9.91. The van der Waals surface area contributed by atoms with Crippen molar-refractivity contribution >= 4 is 15.9 Å². The number of halogens is 1. The van der Waals surface area contributed by atoms with Gasteiger partial charge >= 0.3 is 0 Å². The lowest BCUT2D eigenvalue weighted by molar-refractivity contribution is 0.0454. The van der Waals surface area contributed by atoms with Gasteiger partial charge in [0.25, 0.3) is 0 Å². The molecule has 1 aromatic rings. The predicted molar refractivity (Wildman–Crippen MR) is 82.1 cm³/mol. The van der Waals surface area contributed by atoms with Crippen molar-refractivity contribution in [2.45, 2.75) is 19.0 Å². The summed E-state index contributed by atoms with van der Waals surface area (Å²) in [5.74, 6) is 0.357. The van der Waals surface area contributed by atoms with E-state index in [1.54, 1.807) is 0 Å². The number of aliphatic hydroxyl groups is 1. The molecule has 2 atom stereocenters. The highest BCUT2D eigenvalue weighted by Crippen LogP contribution is 2.22. The molecule has 1 aromatic carbocycles. The monoisotopic (exact) mass is 326 g/mol.